The first-order valence-corrected chi connectivity index (χ1v) is 10.3. The first-order chi connectivity index (χ1) is 16.5. The van der Waals surface area contributed by atoms with Gasteiger partial charge in [0.05, 0.1) is 7.11 Å². The number of anilines is 1. The number of allylic oxidation sites excluding steroid dienone is 1. The lowest BCUT2D eigenvalue weighted by Gasteiger charge is -2.07. The number of aromatic nitrogens is 3. The van der Waals surface area contributed by atoms with Crippen LogP contribution >= 0.6 is 0 Å². The molecule has 2 amide bonds. The fraction of sp³-hybridized carbons (Fsp3) is 0.0800. The number of methoxy groups -OCH3 is 1. The lowest BCUT2D eigenvalue weighted by Crippen LogP contribution is -2.18. The molecule has 34 heavy (non-hydrogen) atoms. The summed E-state index contributed by atoms with van der Waals surface area (Å²) in [5.41, 5.74) is 3.30. The van der Waals surface area contributed by atoms with Crippen molar-refractivity contribution in [1.82, 2.24) is 20.3 Å². The molecule has 0 aliphatic rings. The summed E-state index contributed by atoms with van der Waals surface area (Å²) in [7, 11) is 3.13. The van der Waals surface area contributed by atoms with Gasteiger partial charge in [-0.25, -0.2) is 0 Å². The number of fused-ring (bicyclic) bond motifs is 1. The van der Waals surface area contributed by atoms with Crippen LogP contribution in [0.5, 0.6) is 5.75 Å². The molecule has 3 aromatic carbocycles. The van der Waals surface area contributed by atoms with Crippen molar-refractivity contribution in [3.63, 3.8) is 0 Å². The Bertz CT molecular complexity index is 1450. The zero-order valence-electron chi connectivity index (χ0n) is 18.4. The Kier molecular flexibility index (Phi) is 6.32. The van der Waals surface area contributed by atoms with Crippen molar-refractivity contribution in [3.8, 4) is 11.8 Å². The highest BCUT2D eigenvalue weighted by atomic mass is 16.5. The fourth-order valence-corrected chi connectivity index (χ4v) is 3.24. The molecule has 9 heteroatoms. The number of hydrogen-bond acceptors (Lipinski definition) is 6. The van der Waals surface area contributed by atoms with Crippen LogP contribution in [0.25, 0.3) is 22.8 Å². The monoisotopic (exact) mass is 452 g/mol. The molecule has 1 heterocycles. The number of nitrogens with one attached hydrogen (secondary N) is 2. The topological polar surface area (TPSA) is 122 Å². The van der Waals surface area contributed by atoms with Crippen molar-refractivity contribution in [2.75, 3.05) is 19.5 Å². The summed E-state index contributed by atoms with van der Waals surface area (Å²) in [4.78, 5) is 25.8. The van der Waals surface area contributed by atoms with E-state index in [1.54, 1.807) is 74.8 Å². The van der Waals surface area contributed by atoms with Crippen molar-refractivity contribution >= 4 is 40.3 Å². The molecule has 0 spiro atoms. The first-order valence-electron chi connectivity index (χ1n) is 10.3. The summed E-state index contributed by atoms with van der Waals surface area (Å²) >= 11 is 0. The normalized spacial score (nSPS) is 11.0. The maximum absolute atomic E-state index is 12.8. The maximum atomic E-state index is 12.8. The molecular weight excluding hydrogens is 432 g/mol. The molecule has 9 nitrogen and oxygen atoms in total. The Labute approximate surface area is 195 Å². The summed E-state index contributed by atoms with van der Waals surface area (Å²) < 4.78 is 5.15. The molecule has 0 radical (unpaired) electrons. The van der Waals surface area contributed by atoms with Crippen LogP contribution in [0.4, 0.5) is 5.69 Å². The van der Waals surface area contributed by atoms with Crippen LogP contribution < -0.4 is 15.4 Å². The predicted octanol–water partition coefficient (Wildman–Crippen LogP) is 3.57. The predicted molar refractivity (Wildman–Crippen MR) is 128 cm³/mol. The van der Waals surface area contributed by atoms with Crippen LogP contribution in [0.15, 0.2) is 66.7 Å². The number of benzene rings is 3. The molecule has 1 aromatic heterocycles. The largest absolute Gasteiger partial charge is 0.497 e. The van der Waals surface area contributed by atoms with E-state index < -0.39 is 0 Å². The first kappa shape index (κ1) is 22.2. The Hall–Kier alpha value is -4.97. The van der Waals surface area contributed by atoms with Crippen LogP contribution in [-0.4, -0.2) is 41.0 Å². The van der Waals surface area contributed by atoms with Gasteiger partial charge in [-0.2, -0.15) is 5.26 Å². The second-order valence-corrected chi connectivity index (χ2v) is 7.22. The lowest BCUT2D eigenvalue weighted by atomic mass is 10.1. The van der Waals surface area contributed by atoms with Gasteiger partial charge < -0.3 is 15.4 Å². The van der Waals surface area contributed by atoms with Crippen LogP contribution in [0, 0.1) is 11.3 Å². The standard InChI is InChI=1S/C25H20N6O3/c1-27-24(32)17-4-3-5-19(13-17)28-25(33)18-8-11-22-23(14-18)30-31(29-22)20(15-26)12-16-6-9-21(34-2)10-7-16/h3-14H,1-2H3,(H,27,32)(H,28,33)/b20-12+. The number of hydrogen-bond donors (Lipinski definition) is 2. The zero-order chi connectivity index (χ0) is 24.1. The molecule has 4 aromatic rings. The van der Waals surface area contributed by atoms with E-state index in [4.69, 9.17) is 4.74 Å². The number of carbonyl (C=O) groups excluding carboxylic acids is 2. The number of amides is 2. The third-order valence-electron chi connectivity index (χ3n) is 5.00. The Morgan fingerprint density at radius 2 is 1.71 bits per heavy atom. The number of ether oxygens (including phenoxy) is 1. The molecule has 0 saturated carbocycles. The second kappa shape index (κ2) is 9.67. The van der Waals surface area contributed by atoms with Gasteiger partial charge in [0.1, 0.15) is 22.9 Å². The van der Waals surface area contributed by atoms with Crippen molar-refractivity contribution in [3.05, 3.63) is 83.4 Å². The number of carbonyl (C=O) groups is 2. The van der Waals surface area contributed by atoms with Crippen LogP contribution in [0.2, 0.25) is 0 Å². The van der Waals surface area contributed by atoms with E-state index in [0.717, 1.165) is 5.56 Å². The third-order valence-corrected chi connectivity index (χ3v) is 5.00. The minimum absolute atomic E-state index is 0.221. The summed E-state index contributed by atoms with van der Waals surface area (Å²) in [5.74, 6) is 0.106. The fourth-order valence-electron chi connectivity index (χ4n) is 3.24. The lowest BCUT2D eigenvalue weighted by molar-refractivity contribution is 0.0961. The van der Waals surface area contributed by atoms with Crippen LogP contribution in [0.1, 0.15) is 26.3 Å². The summed E-state index contributed by atoms with van der Waals surface area (Å²) in [6.45, 7) is 0. The SMILES string of the molecule is CNC(=O)c1cccc(NC(=O)c2ccc3nn(/C(C#N)=C/c4ccc(OC)cc4)nc3c2)c1. The van der Waals surface area contributed by atoms with E-state index in [1.807, 2.05) is 12.1 Å². The number of rotatable bonds is 6. The molecule has 0 aliphatic heterocycles. The highest BCUT2D eigenvalue weighted by Gasteiger charge is 2.13. The van der Waals surface area contributed by atoms with E-state index in [1.165, 1.54) is 4.80 Å². The Morgan fingerprint density at radius 3 is 2.41 bits per heavy atom. The van der Waals surface area contributed by atoms with E-state index in [0.29, 0.717) is 33.6 Å². The van der Waals surface area contributed by atoms with Gasteiger partial charge in [-0.3, -0.25) is 9.59 Å². The molecule has 2 N–H and O–H groups in total. The third kappa shape index (κ3) is 4.76. The summed E-state index contributed by atoms with van der Waals surface area (Å²) in [6.07, 6.45) is 1.66. The molecule has 0 fully saturated rings. The van der Waals surface area contributed by atoms with Crippen LogP contribution in [0.3, 0.4) is 0 Å². The van der Waals surface area contributed by atoms with Gasteiger partial charge in [-0.15, -0.1) is 15.0 Å². The molecular formula is C25H20N6O3. The van der Waals surface area contributed by atoms with Crippen molar-refractivity contribution < 1.29 is 14.3 Å². The molecule has 0 saturated heterocycles. The van der Waals surface area contributed by atoms with Gasteiger partial charge in [0.25, 0.3) is 11.8 Å². The van der Waals surface area contributed by atoms with Gasteiger partial charge in [0.15, 0.2) is 5.70 Å². The van der Waals surface area contributed by atoms with Gasteiger partial charge >= 0.3 is 0 Å². The maximum Gasteiger partial charge on any atom is 0.255 e. The highest BCUT2D eigenvalue weighted by molar-refractivity contribution is 6.06. The van der Waals surface area contributed by atoms with Gasteiger partial charge in [-0.1, -0.05) is 18.2 Å². The van der Waals surface area contributed by atoms with E-state index in [2.05, 4.69) is 26.9 Å². The second-order valence-electron chi connectivity index (χ2n) is 7.22. The minimum atomic E-state index is -0.361. The highest BCUT2D eigenvalue weighted by Crippen LogP contribution is 2.19. The Morgan fingerprint density at radius 1 is 0.971 bits per heavy atom. The molecule has 168 valence electrons. The van der Waals surface area contributed by atoms with E-state index >= 15 is 0 Å². The van der Waals surface area contributed by atoms with Gasteiger partial charge in [0.2, 0.25) is 0 Å². The molecule has 0 bridgehead atoms. The molecule has 0 aliphatic carbocycles. The van der Waals surface area contributed by atoms with Gasteiger partial charge in [0, 0.05) is 23.9 Å². The van der Waals surface area contributed by atoms with Crippen molar-refractivity contribution in [1.29, 1.82) is 5.26 Å². The minimum Gasteiger partial charge on any atom is -0.497 e. The van der Waals surface area contributed by atoms with Gasteiger partial charge in [-0.05, 0) is 60.2 Å². The van der Waals surface area contributed by atoms with E-state index in [-0.39, 0.29) is 17.5 Å². The van der Waals surface area contributed by atoms with Crippen molar-refractivity contribution in [2.24, 2.45) is 0 Å². The number of nitrogens with zero attached hydrogens (tertiary/aromatic N) is 4. The van der Waals surface area contributed by atoms with E-state index in [9.17, 15) is 14.9 Å². The quantitative estimate of drug-likeness (QED) is 0.431. The summed E-state index contributed by atoms with van der Waals surface area (Å²) in [5, 5.41) is 23.7. The summed E-state index contributed by atoms with van der Waals surface area (Å²) in [6, 6.07) is 20.8. The molecule has 4 rings (SSSR count). The van der Waals surface area contributed by atoms with Crippen LogP contribution in [-0.2, 0) is 0 Å². The average molecular weight is 452 g/mol. The Balaban J connectivity index is 1.58. The van der Waals surface area contributed by atoms with Crippen molar-refractivity contribution in [2.45, 2.75) is 0 Å². The number of nitriles is 1. The molecule has 0 unspecified atom stereocenters. The smallest absolute Gasteiger partial charge is 0.255 e. The zero-order valence-corrected chi connectivity index (χ0v) is 18.4. The molecule has 0 atom stereocenters. The average Bonchev–Trinajstić information content (AvgIpc) is 3.30.